The van der Waals surface area contributed by atoms with E-state index in [1.54, 1.807) is 12.3 Å². The van der Waals surface area contributed by atoms with E-state index in [-0.39, 0.29) is 0 Å². The van der Waals surface area contributed by atoms with Crippen molar-refractivity contribution in [3.63, 3.8) is 0 Å². The summed E-state index contributed by atoms with van der Waals surface area (Å²) in [7, 11) is 0. The van der Waals surface area contributed by atoms with Gasteiger partial charge in [0, 0.05) is 24.0 Å². The topological polar surface area (TPSA) is 66.5 Å². The third kappa shape index (κ3) is 3.03. The molecule has 5 nitrogen and oxygen atoms in total. The predicted octanol–water partition coefficient (Wildman–Crippen LogP) is 1.92. The standard InChI is InChI=1S/C15H19N5/c1-4-17-9-15-11(2)19-20(12(15)3)10-13-5-6-18-14(7-13)8-16/h5-7,17H,4,9-10H2,1-3H3. The summed E-state index contributed by atoms with van der Waals surface area (Å²) in [6.45, 7) is 8.65. The first-order valence-corrected chi connectivity index (χ1v) is 6.74. The number of aromatic nitrogens is 3. The van der Waals surface area contributed by atoms with Gasteiger partial charge in [0.15, 0.2) is 0 Å². The molecule has 0 atom stereocenters. The highest BCUT2D eigenvalue weighted by atomic mass is 15.3. The minimum atomic E-state index is 0.442. The van der Waals surface area contributed by atoms with E-state index in [4.69, 9.17) is 5.26 Å². The third-order valence-corrected chi connectivity index (χ3v) is 3.35. The SMILES string of the molecule is CCNCc1c(C)nn(Cc2ccnc(C#N)c2)c1C. The maximum atomic E-state index is 8.88. The maximum Gasteiger partial charge on any atom is 0.140 e. The van der Waals surface area contributed by atoms with Crippen molar-refractivity contribution in [2.24, 2.45) is 0 Å². The van der Waals surface area contributed by atoms with Gasteiger partial charge in [-0.15, -0.1) is 0 Å². The molecule has 0 amide bonds. The first-order chi connectivity index (χ1) is 9.65. The predicted molar refractivity (Wildman–Crippen MR) is 77.1 cm³/mol. The van der Waals surface area contributed by atoms with Crippen LogP contribution in [0.3, 0.4) is 0 Å². The lowest BCUT2D eigenvalue weighted by Crippen LogP contribution is -2.13. The van der Waals surface area contributed by atoms with Gasteiger partial charge >= 0.3 is 0 Å². The van der Waals surface area contributed by atoms with Crippen LogP contribution in [0.2, 0.25) is 0 Å². The zero-order chi connectivity index (χ0) is 14.5. The molecule has 2 aromatic heterocycles. The zero-order valence-electron chi connectivity index (χ0n) is 12.1. The molecule has 1 N–H and O–H groups in total. The first-order valence-electron chi connectivity index (χ1n) is 6.74. The van der Waals surface area contributed by atoms with Crippen LogP contribution in [0.5, 0.6) is 0 Å². The molecule has 2 rings (SSSR count). The number of rotatable bonds is 5. The molecule has 0 aromatic carbocycles. The number of nitriles is 1. The third-order valence-electron chi connectivity index (χ3n) is 3.35. The molecule has 104 valence electrons. The van der Waals surface area contributed by atoms with Crippen molar-refractivity contribution in [3.05, 3.63) is 46.5 Å². The number of aryl methyl sites for hydroxylation is 1. The van der Waals surface area contributed by atoms with E-state index in [1.165, 1.54) is 11.3 Å². The van der Waals surface area contributed by atoms with Gasteiger partial charge < -0.3 is 5.32 Å². The monoisotopic (exact) mass is 269 g/mol. The number of nitrogens with one attached hydrogen (secondary N) is 1. The van der Waals surface area contributed by atoms with Crippen molar-refractivity contribution in [2.45, 2.75) is 33.9 Å². The number of hydrogen-bond donors (Lipinski definition) is 1. The van der Waals surface area contributed by atoms with Crippen LogP contribution < -0.4 is 5.32 Å². The summed E-state index contributed by atoms with van der Waals surface area (Å²) in [4.78, 5) is 3.98. The van der Waals surface area contributed by atoms with Crippen LogP contribution in [0, 0.1) is 25.2 Å². The van der Waals surface area contributed by atoms with Crippen molar-refractivity contribution >= 4 is 0 Å². The van der Waals surface area contributed by atoms with Gasteiger partial charge in [-0.2, -0.15) is 10.4 Å². The lowest BCUT2D eigenvalue weighted by Gasteiger charge is -2.06. The molecular weight excluding hydrogens is 250 g/mol. The lowest BCUT2D eigenvalue weighted by atomic mass is 10.2. The Hall–Kier alpha value is -2.19. The molecule has 2 aromatic rings. The summed E-state index contributed by atoms with van der Waals surface area (Å²) >= 11 is 0. The average molecular weight is 269 g/mol. The van der Waals surface area contributed by atoms with Gasteiger partial charge in [0.25, 0.3) is 0 Å². The Morgan fingerprint density at radius 1 is 1.40 bits per heavy atom. The fourth-order valence-corrected chi connectivity index (χ4v) is 2.20. The van der Waals surface area contributed by atoms with E-state index in [2.05, 4.69) is 35.3 Å². The Labute approximate surface area is 119 Å². The van der Waals surface area contributed by atoms with E-state index in [9.17, 15) is 0 Å². The largest absolute Gasteiger partial charge is 0.313 e. The van der Waals surface area contributed by atoms with Gasteiger partial charge in [0.2, 0.25) is 0 Å². The van der Waals surface area contributed by atoms with E-state index < -0.39 is 0 Å². The van der Waals surface area contributed by atoms with Crippen molar-refractivity contribution in [1.29, 1.82) is 5.26 Å². The number of nitrogens with zero attached hydrogens (tertiary/aromatic N) is 4. The Morgan fingerprint density at radius 3 is 2.90 bits per heavy atom. The fraction of sp³-hybridized carbons (Fsp3) is 0.400. The van der Waals surface area contributed by atoms with Crippen LogP contribution in [0.4, 0.5) is 0 Å². The Bertz CT molecular complexity index is 636. The molecule has 20 heavy (non-hydrogen) atoms. The summed E-state index contributed by atoms with van der Waals surface area (Å²) in [5, 5.41) is 16.8. The van der Waals surface area contributed by atoms with Crippen LogP contribution in [0.15, 0.2) is 18.3 Å². The molecule has 0 saturated carbocycles. The van der Waals surface area contributed by atoms with Gasteiger partial charge in [0.05, 0.1) is 12.2 Å². The Kier molecular flexibility index (Phi) is 4.49. The molecule has 0 aliphatic carbocycles. The summed E-state index contributed by atoms with van der Waals surface area (Å²) < 4.78 is 1.98. The van der Waals surface area contributed by atoms with Gasteiger partial charge in [0.1, 0.15) is 11.8 Å². The smallest absolute Gasteiger partial charge is 0.140 e. The number of pyridine rings is 1. The highest BCUT2D eigenvalue weighted by Gasteiger charge is 2.11. The van der Waals surface area contributed by atoms with Crippen LogP contribution in [0.25, 0.3) is 0 Å². The lowest BCUT2D eigenvalue weighted by molar-refractivity contribution is 0.654. The minimum absolute atomic E-state index is 0.442. The second-order valence-corrected chi connectivity index (χ2v) is 4.75. The Balaban J connectivity index is 2.23. The molecule has 0 bridgehead atoms. The van der Waals surface area contributed by atoms with Crippen molar-refractivity contribution in [3.8, 4) is 6.07 Å². The molecule has 5 heteroatoms. The molecular formula is C15H19N5. The molecule has 0 saturated heterocycles. The highest BCUT2D eigenvalue weighted by Crippen LogP contribution is 2.14. The normalized spacial score (nSPS) is 10.5. The fourth-order valence-electron chi connectivity index (χ4n) is 2.20. The summed E-state index contributed by atoms with van der Waals surface area (Å²) in [5.41, 5.74) is 4.95. The minimum Gasteiger partial charge on any atom is -0.313 e. The molecule has 2 heterocycles. The van der Waals surface area contributed by atoms with E-state index in [0.29, 0.717) is 12.2 Å². The van der Waals surface area contributed by atoms with Gasteiger partial charge in [-0.25, -0.2) is 4.98 Å². The average Bonchev–Trinajstić information content (AvgIpc) is 2.72. The first kappa shape index (κ1) is 14.2. The van der Waals surface area contributed by atoms with Gasteiger partial charge in [-0.05, 0) is 38.1 Å². The van der Waals surface area contributed by atoms with Crippen LogP contribution in [0.1, 0.15) is 35.1 Å². The molecule has 0 radical (unpaired) electrons. The molecule has 0 fully saturated rings. The van der Waals surface area contributed by atoms with Crippen LogP contribution in [-0.2, 0) is 13.1 Å². The van der Waals surface area contributed by atoms with Crippen molar-refractivity contribution in [1.82, 2.24) is 20.1 Å². The summed E-state index contributed by atoms with van der Waals surface area (Å²) in [5.74, 6) is 0. The second kappa shape index (κ2) is 6.31. The Morgan fingerprint density at radius 2 is 2.20 bits per heavy atom. The van der Waals surface area contributed by atoms with Crippen LogP contribution in [-0.4, -0.2) is 21.3 Å². The zero-order valence-corrected chi connectivity index (χ0v) is 12.1. The summed E-state index contributed by atoms with van der Waals surface area (Å²) in [6.07, 6.45) is 1.67. The van der Waals surface area contributed by atoms with Gasteiger partial charge in [-0.3, -0.25) is 4.68 Å². The maximum absolute atomic E-state index is 8.88. The summed E-state index contributed by atoms with van der Waals surface area (Å²) in [6, 6.07) is 5.79. The molecule has 0 unspecified atom stereocenters. The van der Waals surface area contributed by atoms with Crippen LogP contribution >= 0.6 is 0 Å². The molecule has 0 spiro atoms. The molecule has 0 aliphatic rings. The van der Waals surface area contributed by atoms with E-state index >= 15 is 0 Å². The van der Waals surface area contributed by atoms with E-state index in [1.807, 2.05) is 17.7 Å². The van der Waals surface area contributed by atoms with Crippen molar-refractivity contribution in [2.75, 3.05) is 6.54 Å². The van der Waals surface area contributed by atoms with E-state index in [0.717, 1.165) is 24.3 Å². The highest BCUT2D eigenvalue weighted by molar-refractivity contribution is 5.28. The van der Waals surface area contributed by atoms with Gasteiger partial charge in [-0.1, -0.05) is 6.92 Å². The quantitative estimate of drug-likeness (QED) is 0.900. The van der Waals surface area contributed by atoms with Crippen molar-refractivity contribution < 1.29 is 0 Å². The molecule has 0 aliphatic heterocycles. The number of hydrogen-bond acceptors (Lipinski definition) is 4. The second-order valence-electron chi connectivity index (χ2n) is 4.75.